The molecule has 0 amide bonds. The zero-order valence-corrected chi connectivity index (χ0v) is 15.3. The number of aromatic nitrogens is 2. The maximum absolute atomic E-state index is 11.7. The highest BCUT2D eigenvalue weighted by Crippen LogP contribution is 2.32. The lowest BCUT2D eigenvalue weighted by Gasteiger charge is -2.17. The molecule has 0 spiro atoms. The molecule has 0 N–H and O–H groups in total. The van der Waals surface area contributed by atoms with Crippen LogP contribution in [0.25, 0.3) is 33.5 Å². The fraction of sp³-hybridized carbons (Fsp3) is 0.0909. The minimum atomic E-state index is -1.27. The third-order valence-electron chi connectivity index (χ3n) is 4.70. The van der Waals surface area contributed by atoms with Gasteiger partial charge in [0.2, 0.25) is 0 Å². The van der Waals surface area contributed by atoms with Crippen LogP contribution >= 0.6 is 0 Å². The van der Waals surface area contributed by atoms with Gasteiger partial charge in [0.1, 0.15) is 0 Å². The molecule has 0 fully saturated rings. The number of nitrogens with zero attached hydrogens (tertiary/aromatic N) is 2. The van der Waals surface area contributed by atoms with E-state index in [9.17, 15) is 4.21 Å². The molecule has 0 saturated heterocycles. The van der Waals surface area contributed by atoms with Gasteiger partial charge in [-0.1, -0.05) is 60.7 Å². The molecule has 2 heterocycles. The van der Waals surface area contributed by atoms with Crippen molar-refractivity contribution < 1.29 is 8.39 Å². The average molecular weight is 372 g/mol. The molecule has 5 heteroatoms. The zero-order valence-electron chi connectivity index (χ0n) is 14.5. The van der Waals surface area contributed by atoms with Gasteiger partial charge in [-0.05, 0) is 23.3 Å². The lowest BCUT2D eigenvalue weighted by atomic mass is 10.0. The molecule has 1 aromatic heterocycles. The third kappa shape index (κ3) is 3.05. The first-order valence-corrected chi connectivity index (χ1v) is 9.98. The molecule has 4 aromatic rings. The summed E-state index contributed by atoms with van der Waals surface area (Å²) in [5.74, 6) is 0.397. The Kier molecular flexibility index (Phi) is 4.03. The van der Waals surface area contributed by atoms with E-state index in [1.165, 1.54) is 0 Å². The molecule has 1 aliphatic heterocycles. The Morgan fingerprint density at radius 3 is 1.81 bits per heavy atom. The van der Waals surface area contributed by atoms with Gasteiger partial charge in [-0.25, -0.2) is 14.2 Å². The summed E-state index contributed by atoms with van der Waals surface area (Å²) < 4.78 is 17.0. The number of hydrogen-bond donors (Lipinski definition) is 0. The highest BCUT2D eigenvalue weighted by molar-refractivity contribution is 7.79. The van der Waals surface area contributed by atoms with Gasteiger partial charge in [-0.15, -0.1) is 0 Å². The Labute approximate surface area is 159 Å². The summed E-state index contributed by atoms with van der Waals surface area (Å²) in [7, 11) is 0. The highest BCUT2D eigenvalue weighted by Gasteiger charge is 2.19. The van der Waals surface area contributed by atoms with Crippen molar-refractivity contribution in [2.75, 3.05) is 0 Å². The summed E-state index contributed by atoms with van der Waals surface area (Å²) in [5, 5.41) is 0. The van der Waals surface area contributed by atoms with E-state index in [1.807, 2.05) is 72.8 Å². The molecule has 4 nitrogen and oxygen atoms in total. The quantitative estimate of drug-likeness (QED) is 0.514. The Hall–Kier alpha value is -2.89. The van der Waals surface area contributed by atoms with E-state index in [4.69, 9.17) is 14.2 Å². The van der Waals surface area contributed by atoms with Gasteiger partial charge in [-0.3, -0.25) is 4.18 Å². The second kappa shape index (κ2) is 6.68. The summed E-state index contributed by atoms with van der Waals surface area (Å²) in [5.41, 5.74) is 7.44. The molecule has 0 radical (unpaired) electrons. The van der Waals surface area contributed by atoms with Crippen molar-refractivity contribution in [3.63, 3.8) is 0 Å². The molecule has 0 aliphatic carbocycles. The van der Waals surface area contributed by atoms with Crippen LogP contribution in [0.2, 0.25) is 0 Å². The van der Waals surface area contributed by atoms with Crippen molar-refractivity contribution in [3.8, 4) is 22.5 Å². The predicted octanol–water partition coefficient (Wildman–Crippen LogP) is 4.66. The van der Waals surface area contributed by atoms with Gasteiger partial charge >= 0.3 is 0 Å². The summed E-state index contributed by atoms with van der Waals surface area (Å²) in [6.45, 7) is 0.348. The van der Waals surface area contributed by atoms with Crippen molar-refractivity contribution in [2.45, 2.75) is 12.4 Å². The van der Waals surface area contributed by atoms with Crippen molar-refractivity contribution in [2.24, 2.45) is 0 Å². The van der Waals surface area contributed by atoms with E-state index in [-0.39, 0.29) is 0 Å². The minimum absolute atomic E-state index is 0.348. The van der Waals surface area contributed by atoms with Crippen LogP contribution in [0, 0.1) is 0 Å². The van der Waals surface area contributed by atoms with Crippen LogP contribution < -0.4 is 0 Å². The van der Waals surface area contributed by atoms with E-state index < -0.39 is 11.1 Å². The number of hydrogen-bond acceptors (Lipinski definition) is 4. The SMILES string of the molecule is O=S1Cc2cc3nc(-c4ccccc4)c(-c4ccccc4)nc3cc2CO1. The monoisotopic (exact) mass is 372 g/mol. The largest absolute Gasteiger partial charge is 0.285 e. The summed E-state index contributed by atoms with van der Waals surface area (Å²) in [4.78, 5) is 9.91. The maximum Gasteiger partial charge on any atom is 0.160 e. The Morgan fingerprint density at radius 1 is 0.741 bits per heavy atom. The van der Waals surface area contributed by atoms with Crippen LogP contribution in [0.15, 0.2) is 72.8 Å². The molecule has 27 heavy (non-hydrogen) atoms. The van der Waals surface area contributed by atoms with E-state index >= 15 is 0 Å². The van der Waals surface area contributed by atoms with Crippen LogP contribution in [0.4, 0.5) is 0 Å². The van der Waals surface area contributed by atoms with Crippen LogP contribution in [0.3, 0.4) is 0 Å². The maximum atomic E-state index is 11.7. The standard InChI is InChI=1S/C22H16N2O2S/c25-27-14-18-12-20-19(11-17(18)13-26-27)23-21(15-7-3-1-4-8-15)22(24-20)16-9-5-2-6-10-16/h1-12H,13-14H2. The van der Waals surface area contributed by atoms with E-state index in [0.717, 1.165) is 44.7 Å². The van der Waals surface area contributed by atoms with Gasteiger partial charge in [0.25, 0.3) is 0 Å². The summed E-state index contributed by atoms with van der Waals surface area (Å²) in [6.07, 6.45) is 0. The van der Waals surface area contributed by atoms with Crippen LogP contribution in [-0.2, 0) is 27.6 Å². The van der Waals surface area contributed by atoms with Crippen molar-refractivity contribution in [1.82, 2.24) is 9.97 Å². The van der Waals surface area contributed by atoms with Crippen LogP contribution in [0.1, 0.15) is 11.1 Å². The second-order valence-electron chi connectivity index (χ2n) is 6.47. The average Bonchev–Trinajstić information content (AvgIpc) is 2.72. The van der Waals surface area contributed by atoms with Gasteiger partial charge in [0.15, 0.2) is 11.1 Å². The molecule has 1 atom stereocenters. The Balaban J connectivity index is 1.78. The van der Waals surface area contributed by atoms with E-state index in [2.05, 4.69) is 0 Å². The molecule has 1 aliphatic rings. The number of fused-ring (bicyclic) bond motifs is 2. The molecule has 132 valence electrons. The summed E-state index contributed by atoms with van der Waals surface area (Å²) >= 11 is -1.27. The molecular formula is C22H16N2O2S. The van der Waals surface area contributed by atoms with Gasteiger partial charge in [0.05, 0.1) is 34.8 Å². The Morgan fingerprint density at radius 2 is 1.26 bits per heavy atom. The van der Waals surface area contributed by atoms with Crippen LogP contribution in [0.5, 0.6) is 0 Å². The molecule has 0 bridgehead atoms. The fourth-order valence-electron chi connectivity index (χ4n) is 3.35. The number of benzene rings is 3. The molecule has 5 rings (SSSR count). The van der Waals surface area contributed by atoms with Crippen molar-refractivity contribution in [3.05, 3.63) is 83.9 Å². The van der Waals surface area contributed by atoms with E-state index in [0.29, 0.717) is 12.4 Å². The first kappa shape index (κ1) is 16.3. The second-order valence-corrected chi connectivity index (χ2v) is 7.60. The predicted molar refractivity (Wildman–Crippen MR) is 107 cm³/mol. The zero-order chi connectivity index (χ0) is 18.2. The molecule has 3 aromatic carbocycles. The lowest BCUT2D eigenvalue weighted by Crippen LogP contribution is -2.11. The van der Waals surface area contributed by atoms with Crippen molar-refractivity contribution >= 4 is 22.1 Å². The molecule has 0 saturated carbocycles. The minimum Gasteiger partial charge on any atom is -0.285 e. The first-order valence-electron chi connectivity index (χ1n) is 8.74. The molecule has 1 unspecified atom stereocenters. The third-order valence-corrected chi connectivity index (χ3v) is 5.63. The Bertz CT molecular complexity index is 1160. The molecular weight excluding hydrogens is 356 g/mol. The van der Waals surface area contributed by atoms with Gasteiger partial charge < -0.3 is 0 Å². The van der Waals surface area contributed by atoms with Crippen LogP contribution in [-0.4, -0.2) is 14.2 Å². The van der Waals surface area contributed by atoms with E-state index in [1.54, 1.807) is 0 Å². The lowest BCUT2D eigenvalue weighted by molar-refractivity contribution is 0.328. The summed E-state index contributed by atoms with van der Waals surface area (Å²) in [6, 6.07) is 24.2. The van der Waals surface area contributed by atoms with Gasteiger partial charge in [-0.2, -0.15) is 0 Å². The highest BCUT2D eigenvalue weighted by atomic mass is 32.2. The smallest absolute Gasteiger partial charge is 0.160 e. The van der Waals surface area contributed by atoms with Gasteiger partial charge in [0, 0.05) is 11.1 Å². The normalized spacial score (nSPS) is 16.2. The van der Waals surface area contributed by atoms with Crippen molar-refractivity contribution in [1.29, 1.82) is 0 Å². The topological polar surface area (TPSA) is 52.1 Å². The number of rotatable bonds is 2. The fourth-order valence-corrected chi connectivity index (χ4v) is 4.21. The first-order chi connectivity index (χ1) is 13.3.